The van der Waals surface area contributed by atoms with E-state index in [-0.39, 0.29) is 0 Å². The Labute approximate surface area is 99.3 Å². The average molecular weight is 226 g/mol. The molecule has 2 N–H and O–H groups in total. The molecule has 3 atom stereocenters. The zero-order chi connectivity index (χ0) is 11.5. The highest BCUT2D eigenvalue weighted by Crippen LogP contribution is 2.29. The van der Waals surface area contributed by atoms with Gasteiger partial charge in [0.2, 0.25) is 0 Å². The molecule has 3 heteroatoms. The van der Waals surface area contributed by atoms with Crippen LogP contribution in [-0.2, 0) is 4.74 Å². The van der Waals surface area contributed by atoms with Crippen LogP contribution in [0, 0.1) is 5.92 Å². The first-order chi connectivity index (χ1) is 7.74. The van der Waals surface area contributed by atoms with Crippen molar-refractivity contribution in [2.75, 3.05) is 19.7 Å². The van der Waals surface area contributed by atoms with E-state index in [9.17, 15) is 0 Å². The van der Waals surface area contributed by atoms with Gasteiger partial charge >= 0.3 is 0 Å². The van der Waals surface area contributed by atoms with Crippen LogP contribution in [0.25, 0.3) is 0 Å². The van der Waals surface area contributed by atoms with E-state index in [2.05, 4.69) is 18.7 Å². The summed E-state index contributed by atoms with van der Waals surface area (Å²) in [6, 6.07) is 1.18. The third kappa shape index (κ3) is 2.41. The molecule has 0 aromatic rings. The van der Waals surface area contributed by atoms with Gasteiger partial charge in [-0.3, -0.25) is 4.90 Å². The predicted molar refractivity (Wildman–Crippen MR) is 66.4 cm³/mol. The van der Waals surface area contributed by atoms with Crippen LogP contribution in [-0.4, -0.2) is 42.8 Å². The third-order valence-electron chi connectivity index (χ3n) is 4.17. The maximum absolute atomic E-state index is 5.97. The molecule has 3 unspecified atom stereocenters. The van der Waals surface area contributed by atoms with Gasteiger partial charge in [-0.2, -0.15) is 0 Å². The molecule has 3 nitrogen and oxygen atoms in total. The highest BCUT2D eigenvalue weighted by atomic mass is 16.5. The van der Waals surface area contributed by atoms with E-state index in [1.54, 1.807) is 0 Å². The van der Waals surface area contributed by atoms with Gasteiger partial charge in [-0.25, -0.2) is 0 Å². The SMILES string of the molecule is CC(C)C1CCCN1C(CN)C1CCCO1. The second-order valence-corrected chi connectivity index (χ2v) is 5.55. The Bertz CT molecular complexity index is 214. The number of ether oxygens (including phenoxy) is 1. The van der Waals surface area contributed by atoms with Crippen molar-refractivity contribution in [3.8, 4) is 0 Å². The molecular formula is C13H26N2O. The van der Waals surface area contributed by atoms with Crippen LogP contribution in [0.5, 0.6) is 0 Å². The summed E-state index contributed by atoms with van der Waals surface area (Å²) in [6.45, 7) is 7.54. The van der Waals surface area contributed by atoms with Crippen LogP contribution >= 0.6 is 0 Å². The fourth-order valence-corrected chi connectivity index (χ4v) is 3.35. The fourth-order valence-electron chi connectivity index (χ4n) is 3.35. The van der Waals surface area contributed by atoms with Gasteiger partial charge in [0.1, 0.15) is 0 Å². The zero-order valence-electron chi connectivity index (χ0n) is 10.7. The molecule has 16 heavy (non-hydrogen) atoms. The molecule has 0 amide bonds. The van der Waals surface area contributed by atoms with Gasteiger partial charge in [-0.15, -0.1) is 0 Å². The Hall–Kier alpha value is -0.120. The minimum Gasteiger partial charge on any atom is -0.377 e. The first-order valence-corrected chi connectivity index (χ1v) is 6.81. The lowest BCUT2D eigenvalue weighted by Gasteiger charge is -2.37. The normalized spacial score (nSPS) is 33.8. The van der Waals surface area contributed by atoms with Crippen molar-refractivity contribution in [3.05, 3.63) is 0 Å². The average Bonchev–Trinajstić information content (AvgIpc) is 2.88. The minimum atomic E-state index is 0.393. The lowest BCUT2D eigenvalue weighted by molar-refractivity contribution is 0.0144. The molecule has 0 aromatic carbocycles. The summed E-state index contributed by atoms with van der Waals surface area (Å²) in [7, 11) is 0. The molecule has 2 saturated heterocycles. The van der Waals surface area contributed by atoms with E-state index in [4.69, 9.17) is 10.5 Å². The third-order valence-corrected chi connectivity index (χ3v) is 4.17. The first-order valence-electron chi connectivity index (χ1n) is 6.81. The lowest BCUT2D eigenvalue weighted by atomic mass is 9.98. The molecule has 2 aliphatic heterocycles. The molecule has 0 aliphatic carbocycles. The van der Waals surface area contributed by atoms with E-state index in [0.717, 1.165) is 25.1 Å². The predicted octanol–water partition coefficient (Wildman–Crippen LogP) is 1.61. The molecule has 94 valence electrons. The molecule has 2 fully saturated rings. The molecular weight excluding hydrogens is 200 g/mol. The number of hydrogen-bond donors (Lipinski definition) is 1. The quantitative estimate of drug-likeness (QED) is 0.791. The zero-order valence-corrected chi connectivity index (χ0v) is 10.7. The van der Waals surface area contributed by atoms with Crippen molar-refractivity contribution in [1.82, 2.24) is 4.90 Å². The molecule has 0 bridgehead atoms. The molecule has 2 aliphatic rings. The van der Waals surface area contributed by atoms with Crippen molar-refractivity contribution in [2.45, 2.75) is 57.7 Å². The summed E-state index contributed by atoms with van der Waals surface area (Å²) < 4.78 is 5.82. The molecule has 2 rings (SSSR count). The number of nitrogens with two attached hydrogens (primary N) is 1. The Balaban J connectivity index is 2.01. The van der Waals surface area contributed by atoms with Crippen molar-refractivity contribution < 1.29 is 4.74 Å². The maximum Gasteiger partial charge on any atom is 0.0743 e. The van der Waals surface area contributed by atoms with Crippen molar-refractivity contribution >= 4 is 0 Å². The van der Waals surface area contributed by atoms with Crippen LogP contribution in [0.3, 0.4) is 0 Å². The Kier molecular flexibility index (Phi) is 4.22. The second-order valence-electron chi connectivity index (χ2n) is 5.55. The summed E-state index contributed by atoms with van der Waals surface area (Å²) in [5, 5.41) is 0. The largest absolute Gasteiger partial charge is 0.377 e. The summed E-state index contributed by atoms with van der Waals surface area (Å²) in [6.07, 6.45) is 5.46. The lowest BCUT2D eigenvalue weighted by Crippen LogP contribution is -2.51. The summed E-state index contributed by atoms with van der Waals surface area (Å²) in [5.41, 5.74) is 5.97. The summed E-state index contributed by atoms with van der Waals surface area (Å²) >= 11 is 0. The van der Waals surface area contributed by atoms with Crippen LogP contribution in [0.4, 0.5) is 0 Å². The first kappa shape index (κ1) is 12.3. The Morgan fingerprint density at radius 3 is 2.69 bits per heavy atom. The standard InChI is InChI=1S/C13H26N2O/c1-10(2)11-5-3-7-15(11)12(9-14)13-6-4-8-16-13/h10-13H,3-9,14H2,1-2H3. The molecule has 2 heterocycles. The van der Waals surface area contributed by atoms with E-state index >= 15 is 0 Å². The number of hydrogen-bond acceptors (Lipinski definition) is 3. The fraction of sp³-hybridized carbons (Fsp3) is 1.00. The van der Waals surface area contributed by atoms with Crippen LogP contribution in [0.1, 0.15) is 39.5 Å². The van der Waals surface area contributed by atoms with Crippen molar-refractivity contribution in [3.63, 3.8) is 0 Å². The van der Waals surface area contributed by atoms with Gasteiger partial charge < -0.3 is 10.5 Å². The number of nitrogens with zero attached hydrogens (tertiary/aromatic N) is 1. The summed E-state index contributed by atoms with van der Waals surface area (Å²) in [4.78, 5) is 2.63. The molecule has 0 spiro atoms. The Morgan fingerprint density at radius 2 is 2.12 bits per heavy atom. The number of rotatable bonds is 4. The monoisotopic (exact) mass is 226 g/mol. The van der Waals surface area contributed by atoms with Gasteiger partial charge in [0, 0.05) is 25.2 Å². The second kappa shape index (κ2) is 5.48. The van der Waals surface area contributed by atoms with E-state index in [1.165, 1.54) is 32.2 Å². The van der Waals surface area contributed by atoms with Crippen LogP contribution in [0.2, 0.25) is 0 Å². The molecule has 0 radical (unpaired) electrons. The summed E-state index contributed by atoms with van der Waals surface area (Å²) in [5.74, 6) is 0.734. The van der Waals surface area contributed by atoms with E-state index in [1.807, 2.05) is 0 Å². The maximum atomic E-state index is 5.97. The molecule has 0 aromatic heterocycles. The van der Waals surface area contributed by atoms with Crippen LogP contribution < -0.4 is 5.73 Å². The smallest absolute Gasteiger partial charge is 0.0743 e. The topological polar surface area (TPSA) is 38.5 Å². The van der Waals surface area contributed by atoms with E-state index < -0.39 is 0 Å². The van der Waals surface area contributed by atoms with Gasteiger partial charge in [0.15, 0.2) is 0 Å². The molecule has 0 saturated carbocycles. The Morgan fingerprint density at radius 1 is 1.31 bits per heavy atom. The van der Waals surface area contributed by atoms with Crippen molar-refractivity contribution in [1.29, 1.82) is 0 Å². The highest BCUT2D eigenvalue weighted by molar-refractivity contribution is 4.92. The van der Waals surface area contributed by atoms with Crippen LogP contribution in [0.15, 0.2) is 0 Å². The minimum absolute atomic E-state index is 0.393. The number of likely N-dealkylation sites (tertiary alicyclic amines) is 1. The highest BCUT2D eigenvalue weighted by Gasteiger charge is 2.37. The van der Waals surface area contributed by atoms with Gasteiger partial charge in [0.25, 0.3) is 0 Å². The van der Waals surface area contributed by atoms with E-state index in [0.29, 0.717) is 12.1 Å². The van der Waals surface area contributed by atoms with Gasteiger partial charge in [-0.05, 0) is 38.1 Å². The van der Waals surface area contributed by atoms with Crippen molar-refractivity contribution in [2.24, 2.45) is 11.7 Å². The van der Waals surface area contributed by atoms with Gasteiger partial charge in [0.05, 0.1) is 6.10 Å². The van der Waals surface area contributed by atoms with Gasteiger partial charge in [-0.1, -0.05) is 13.8 Å².